The van der Waals surface area contributed by atoms with E-state index >= 15 is 0 Å². The maximum Gasteiger partial charge on any atom is 0.224 e. The minimum absolute atomic E-state index is 0.155. The van der Waals surface area contributed by atoms with E-state index in [2.05, 4.69) is 36.1 Å². The van der Waals surface area contributed by atoms with Gasteiger partial charge >= 0.3 is 0 Å². The van der Waals surface area contributed by atoms with Gasteiger partial charge in [0.25, 0.3) is 0 Å². The van der Waals surface area contributed by atoms with Crippen molar-refractivity contribution in [3.63, 3.8) is 0 Å². The van der Waals surface area contributed by atoms with Crippen LogP contribution in [0.3, 0.4) is 0 Å². The van der Waals surface area contributed by atoms with Crippen molar-refractivity contribution < 1.29 is 9.53 Å². The number of aromatic nitrogens is 1. The summed E-state index contributed by atoms with van der Waals surface area (Å²) in [4.78, 5) is 19.3. The van der Waals surface area contributed by atoms with Gasteiger partial charge in [-0.3, -0.25) is 4.79 Å². The second-order valence-corrected chi connectivity index (χ2v) is 8.11. The van der Waals surface area contributed by atoms with E-state index in [-0.39, 0.29) is 11.8 Å². The second-order valence-electron chi connectivity index (χ2n) is 8.11. The van der Waals surface area contributed by atoms with E-state index in [0.717, 1.165) is 5.56 Å². The molecule has 3 rings (SSSR count). The summed E-state index contributed by atoms with van der Waals surface area (Å²) in [5.74, 6) is 1.96. The molecule has 1 unspecified atom stereocenters. The van der Waals surface area contributed by atoms with Gasteiger partial charge in [0, 0.05) is 29.8 Å². The van der Waals surface area contributed by atoms with Crippen molar-refractivity contribution in [2.45, 2.75) is 52.2 Å². The first kappa shape index (κ1) is 17.2. The van der Waals surface area contributed by atoms with Crippen molar-refractivity contribution in [1.29, 1.82) is 0 Å². The van der Waals surface area contributed by atoms with Crippen LogP contribution in [0, 0.1) is 24.7 Å². The Hall–Kier alpha value is -1.62. The van der Waals surface area contributed by atoms with Crippen molar-refractivity contribution in [1.82, 2.24) is 15.2 Å². The number of rotatable bonds is 5. The van der Waals surface area contributed by atoms with Crippen LogP contribution in [0.2, 0.25) is 0 Å². The highest BCUT2D eigenvalue weighted by atomic mass is 16.5. The highest BCUT2D eigenvalue weighted by Gasteiger charge is 2.65. The standard InChI is InChI=1S/C19H29N3O2/c1-11-8-7-9-20-18(11)24-10-19(4,5)21-17(23)16-14-12(2)22(6)13(3)15(14)16/h7-9,12-16H,10H2,1-6H3,(H,21,23)/t12-,13-,14-,15+,16?/m0/s1. The van der Waals surface area contributed by atoms with Gasteiger partial charge in [0.1, 0.15) is 6.61 Å². The molecule has 1 N–H and O–H groups in total. The molecule has 1 aromatic heterocycles. The van der Waals surface area contributed by atoms with Crippen molar-refractivity contribution in [2.75, 3.05) is 13.7 Å². The number of amides is 1. The van der Waals surface area contributed by atoms with Gasteiger partial charge in [0.05, 0.1) is 5.54 Å². The van der Waals surface area contributed by atoms with E-state index in [9.17, 15) is 4.79 Å². The maximum absolute atomic E-state index is 12.7. The van der Waals surface area contributed by atoms with Gasteiger partial charge in [-0.1, -0.05) is 6.07 Å². The Kier molecular flexibility index (Phi) is 4.32. The molecule has 1 aromatic rings. The lowest BCUT2D eigenvalue weighted by atomic mass is 10.0. The molecule has 132 valence electrons. The van der Waals surface area contributed by atoms with Crippen molar-refractivity contribution >= 4 is 5.91 Å². The largest absolute Gasteiger partial charge is 0.475 e. The van der Waals surface area contributed by atoms with E-state index in [1.54, 1.807) is 6.20 Å². The number of piperidine rings is 1. The smallest absolute Gasteiger partial charge is 0.224 e. The zero-order valence-electron chi connectivity index (χ0n) is 15.5. The van der Waals surface area contributed by atoms with E-state index in [0.29, 0.717) is 36.4 Å². The summed E-state index contributed by atoms with van der Waals surface area (Å²) in [5, 5.41) is 3.18. The number of nitrogens with one attached hydrogen (secondary N) is 1. The molecule has 5 nitrogen and oxygen atoms in total. The Morgan fingerprint density at radius 2 is 1.96 bits per heavy atom. The highest BCUT2D eigenvalue weighted by Crippen LogP contribution is 2.58. The first-order chi connectivity index (χ1) is 11.2. The fourth-order valence-corrected chi connectivity index (χ4v) is 4.19. The number of aryl methyl sites for hydroxylation is 1. The molecule has 24 heavy (non-hydrogen) atoms. The topological polar surface area (TPSA) is 54.5 Å². The molecule has 5 heteroatoms. The molecule has 2 aliphatic rings. The Morgan fingerprint density at radius 1 is 1.33 bits per heavy atom. The third kappa shape index (κ3) is 3.02. The monoisotopic (exact) mass is 331 g/mol. The molecule has 0 bridgehead atoms. The SMILES string of the molecule is Cc1cccnc1OCC(C)(C)NC(=O)C1[C@@H]2[C@H]1[C@H](C)N(C)[C@H]2C. The third-order valence-corrected chi connectivity index (χ3v) is 5.83. The lowest BCUT2D eigenvalue weighted by Gasteiger charge is -2.29. The van der Waals surface area contributed by atoms with Crippen LogP contribution in [0.25, 0.3) is 0 Å². The predicted octanol–water partition coefficient (Wildman–Crippen LogP) is 2.25. The quantitative estimate of drug-likeness (QED) is 0.899. The molecule has 1 aliphatic heterocycles. The number of carbonyl (C=O) groups is 1. The van der Waals surface area contributed by atoms with Crippen LogP contribution in [-0.4, -0.2) is 47.1 Å². The van der Waals surface area contributed by atoms with Crippen LogP contribution in [0.4, 0.5) is 0 Å². The van der Waals surface area contributed by atoms with Crippen molar-refractivity contribution in [3.8, 4) is 5.88 Å². The Bertz CT molecular complexity index is 615. The molecular formula is C19H29N3O2. The van der Waals surface area contributed by atoms with Gasteiger partial charge in [0.15, 0.2) is 0 Å². The summed E-state index contributed by atoms with van der Waals surface area (Å²) in [6, 6.07) is 4.83. The molecule has 1 amide bonds. The Morgan fingerprint density at radius 3 is 2.54 bits per heavy atom. The molecule has 5 atom stereocenters. The van der Waals surface area contributed by atoms with Crippen molar-refractivity contribution in [2.24, 2.45) is 17.8 Å². The first-order valence-corrected chi connectivity index (χ1v) is 8.81. The van der Waals surface area contributed by atoms with E-state index in [1.165, 1.54) is 0 Å². The van der Waals surface area contributed by atoms with Gasteiger partial charge in [-0.25, -0.2) is 4.98 Å². The second kappa shape index (κ2) is 6.03. The summed E-state index contributed by atoms with van der Waals surface area (Å²) in [7, 11) is 2.16. The fraction of sp³-hybridized carbons (Fsp3) is 0.684. The van der Waals surface area contributed by atoms with E-state index in [4.69, 9.17) is 4.74 Å². The van der Waals surface area contributed by atoms with Crippen molar-refractivity contribution in [3.05, 3.63) is 23.9 Å². The number of likely N-dealkylation sites (tertiary alicyclic amines) is 1. The number of nitrogens with zero attached hydrogens (tertiary/aromatic N) is 2. The van der Waals surface area contributed by atoms with Crippen LogP contribution in [0.1, 0.15) is 33.3 Å². The maximum atomic E-state index is 12.7. The van der Waals surface area contributed by atoms with Gasteiger partial charge in [-0.05, 0) is 59.6 Å². The predicted molar refractivity (Wildman–Crippen MR) is 93.8 cm³/mol. The molecule has 0 spiro atoms. The number of carbonyl (C=O) groups excluding carboxylic acids is 1. The molecule has 1 saturated carbocycles. The molecule has 0 radical (unpaired) electrons. The Balaban J connectivity index is 1.56. The highest BCUT2D eigenvalue weighted by molar-refractivity contribution is 5.83. The summed E-state index contributed by atoms with van der Waals surface area (Å²) in [6.45, 7) is 10.8. The van der Waals surface area contributed by atoms with Gasteiger partial charge in [-0.2, -0.15) is 0 Å². The van der Waals surface area contributed by atoms with Gasteiger partial charge in [0.2, 0.25) is 11.8 Å². The normalized spacial score (nSPS) is 32.3. The average molecular weight is 331 g/mol. The summed E-state index contributed by atoms with van der Waals surface area (Å²) in [5.41, 5.74) is 0.582. The third-order valence-electron chi connectivity index (χ3n) is 5.83. The lowest BCUT2D eigenvalue weighted by Crippen LogP contribution is -2.50. The molecule has 1 aliphatic carbocycles. The molecule has 0 aromatic carbocycles. The molecule has 1 saturated heterocycles. The van der Waals surface area contributed by atoms with Crippen LogP contribution in [-0.2, 0) is 4.79 Å². The Labute approximate surface area is 144 Å². The van der Waals surface area contributed by atoms with Gasteiger partial charge < -0.3 is 15.0 Å². The van der Waals surface area contributed by atoms with Crippen LogP contribution < -0.4 is 10.1 Å². The van der Waals surface area contributed by atoms with E-state index in [1.807, 2.05) is 32.9 Å². The summed E-state index contributed by atoms with van der Waals surface area (Å²) in [6.07, 6.45) is 1.72. The number of hydrogen-bond acceptors (Lipinski definition) is 4. The van der Waals surface area contributed by atoms with Crippen LogP contribution in [0.15, 0.2) is 18.3 Å². The fourth-order valence-electron chi connectivity index (χ4n) is 4.19. The van der Waals surface area contributed by atoms with E-state index < -0.39 is 5.54 Å². The van der Waals surface area contributed by atoms with Gasteiger partial charge in [-0.15, -0.1) is 0 Å². The number of pyridine rings is 1. The minimum Gasteiger partial charge on any atom is -0.475 e. The zero-order chi connectivity index (χ0) is 17.6. The first-order valence-electron chi connectivity index (χ1n) is 8.81. The van der Waals surface area contributed by atoms with Crippen LogP contribution in [0.5, 0.6) is 5.88 Å². The summed E-state index contributed by atoms with van der Waals surface area (Å²) < 4.78 is 5.82. The average Bonchev–Trinajstić information content (AvgIpc) is 3.22. The summed E-state index contributed by atoms with van der Waals surface area (Å²) >= 11 is 0. The number of hydrogen-bond donors (Lipinski definition) is 1. The lowest BCUT2D eigenvalue weighted by molar-refractivity contribution is -0.125. The molecule has 2 fully saturated rings. The molecular weight excluding hydrogens is 302 g/mol. The number of ether oxygens (including phenoxy) is 1. The van der Waals surface area contributed by atoms with Crippen LogP contribution >= 0.6 is 0 Å². The zero-order valence-corrected chi connectivity index (χ0v) is 15.5. The molecule has 2 heterocycles. The minimum atomic E-state index is -0.420. The number of fused-ring (bicyclic) bond motifs is 1.